The molecule has 1 aromatic carbocycles. The van der Waals surface area contributed by atoms with Crippen LogP contribution >= 0.6 is 0 Å². The van der Waals surface area contributed by atoms with Gasteiger partial charge in [0.2, 0.25) is 0 Å². The Hall–Kier alpha value is -2.42. The lowest BCUT2D eigenvalue weighted by Crippen LogP contribution is -2.14. The van der Waals surface area contributed by atoms with E-state index in [-0.39, 0.29) is 0 Å². The van der Waals surface area contributed by atoms with E-state index in [1.165, 1.54) is 28.1 Å². The molecular weight excluding hydrogens is 260 g/mol. The predicted molar refractivity (Wildman–Crippen MR) is 84.6 cm³/mol. The molecule has 3 heteroatoms. The number of nitrogens with zero attached hydrogens (tertiary/aromatic N) is 2. The second-order valence-electron chi connectivity index (χ2n) is 5.53. The maximum atomic E-state index is 5.24. The lowest BCUT2D eigenvalue weighted by molar-refractivity contribution is 0.415. The third kappa shape index (κ3) is 1.81. The molecule has 0 radical (unpaired) electrons. The molecule has 2 aromatic heterocycles. The van der Waals surface area contributed by atoms with Crippen LogP contribution in [0.5, 0.6) is 5.75 Å². The van der Waals surface area contributed by atoms with E-state index < -0.39 is 0 Å². The van der Waals surface area contributed by atoms with E-state index in [1.807, 2.05) is 12.1 Å². The Morgan fingerprint density at radius 1 is 1.00 bits per heavy atom. The van der Waals surface area contributed by atoms with Crippen LogP contribution in [0.3, 0.4) is 0 Å². The summed E-state index contributed by atoms with van der Waals surface area (Å²) in [6, 6.07) is 12.6. The lowest BCUT2D eigenvalue weighted by atomic mass is 10.0. The summed E-state index contributed by atoms with van der Waals surface area (Å²) in [5, 5.41) is 0. The smallest absolute Gasteiger partial charge is 0.118 e. The molecule has 3 nitrogen and oxygen atoms in total. The van der Waals surface area contributed by atoms with Gasteiger partial charge >= 0.3 is 0 Å². The van der Waals surface area contributed by atoms with Crippen LogP contribution in [0.2, 0.25) is 0 Å². The van der Waals surface area contributed by atoms with E-state index in [0.717, 1.165) is 18.8 Å². The van der Waals surface area contributed by atoms with Crippen molar-refractivity contribution in [3.05, 3.63) is 54.4 Å². The number of benzene rings is 1. The number of ether oxygens (including phenoxy) is 1. The largest absolute Gasteiger partial charge is 0.497 e. The van der Waals surface area contributed by atoms with Gasteiger partial charge in [0.05, 0.1) is 18.5 Å². The van der Waals surface area contributed by atoms with Gasteiger partial charge in [-0.05, 0) is 42.3 Å². The Balaban J connectivity index is 1.85. The highest BCUT2D eigenvalue weighted by Gasteiger charge is 2.20. The highest BCUT2D eigenvalue weighted by Crippen LogP contribution is 2.36. The second-order valence-corrected chi connectivity index (χ2v) is 5.53. The molecule has 106 valence electrons. The van der Waals surface area contributed by atoms with Crippen molar-refractivity contribution in [3.8, 4) is 28.3 Å². The summed E-state index contributed by atoms with van der Waals surface area (Å²) >= 11 is 0. The van der Waals surface area contributed by atoms with Gasteiger partial charge in [-0.3, -0.25) is 0 Å². The number of aryl methyl sites for hydroxylation is 2. The van der Waals surface area contributed by atoms with Gasteiger partial charge in [-0.1, -0.05) is 12.1 Å². The highest BCUT2D eigenvalue weighted by atomic mass is 16.5. The third-order valence-corrected chi connectivity index (χ3v) is 4.39. The average molecular weight is 278 g/mol. The molecule has 21 heavy (non-hydrogen) atoms. The van der Waals surface area contributed by atoms with Crippen LogP contribution in [0.25, 0.3) is 22.5 Å². The normalized spacial score (nSPS) is 12.9. The fourth-order valence-corrected chi connectivity index (χ4v) is 3.28. The lowest BCUT2D eigenvalue weighted by Gasteiger charge is -2.19. The van der Waals surface area contributed by atoms with Crippen molar-refractivity contribution in [2.75, 3.05) is 7.11 Å². The van der Waals surface area contributed by atoms with E-state index in [0.29, 0.717) is 0 Å². The van der Waals surface area contributed by atoms with Crippen LogP contribution in [0.15, 0.2) is 48.8 Å². The molecule has 0 atom stereocenters. The monoisotopic (exact) mass is 278 g/mol. The Morgan fingerprint density at radius 3 is 2.52 bits per heavy atom. The quantitative estimate of drug-likeness (QED) is 0.694. The van der Waals surface area contributed by atoms with E-state index in [4.69, 9.17) is 4.74 Å². The Morgan fingerprint density at radius 2 is 1.76 bits per heavy atom. The molecule has 0 N–H and O–H groups in total. The summed E-state index contributed by atoms with van der Waals surface area (Å²) in [4.78, 5) is 0. The highest BCUT2D eigenvalue weighted by molar-refractivity contribution is 5.77. The van der Waals surface area contributed by atoms with Gasteiger partial charge in [0.25, 0.3) is 0 Å². The zero-order chi connectivity index (χ0) is 14.4. The van der Waals surface area contributed by atoms with Crippen LogP contribution in [-0.4, -0.2) is 16.2 Å². The zero-order valence-electron chi connectivity index (χ0n) is 12.3. The summed E-state index contributed by atoms with van der Waals surface area (Å²) < 4.78 is 9.96. The molecule has 4 rings (SSSR count). The van der Waals surface area contributed by atoms with Crippen LogP contribution in [-0.2, 0) is 13.1 Å². The topological polar surface area (TPSA) is 19.1 Å². The summed E-state index contributed by atoms with van der Waals surface area (Å²) in [6.45, 7) is 4.30. The minimum absolute atomic E-state index is 0.897. The van der Waals surface area contributed by atoms with E-state index in [9.17, 15) is 0 Å². The molecule has 1 aliphatic heterocycles. The zero-order valence-corrected chi connectivity index (χ0v) is 12.3. The van der Waals surface area contributed by atoms with Gasteiger partial charge in [0.1, 0.15) is 5.75 Å². The minimum Gasteiger partial charge on any atom is -0.497 e. The maximum absolute atomic E-state index is 5.24. The first kappa shape index (κ1) is 12.3. The standard InChI is InChI=1S/C18H18N2O/c1-13-16(14-5-7-15(21-2)8-6-14)12-20-11-10-19-9-3-4-17(19)18(13)20/h3-9,12H,10-11H2,1-2H3. The first-order chi connectivity index (χ1) is 10.3. The van der Waals surface area contributed by atoms with Gasteiger partial charge in [-0.15, -0.1) is 0 Å². The maximum Gasteiger partial charge on any atom is 0.118 e. The summed E-state index contributed by atoms with van der Waals surface area (Å²) in [6.07, 6.45) is 4.45. The predicted octanol–water partition coefficient (Wildman–Crippen LogP) is 3.95. The first-order valence-electron chi connectivity index (χ1n) is 7.27. The van der Waals surface area contributed by atoms with Crippen LogP contribution < -0.4 is 4.74 Å². The van der Waals surface area contributed by atoms with Crippen molar-refractivity contribution in [3.63, 3.8) is 0 Å². The number of fused-ring (bicyclic) bond motifs is 3. The molecular formula is C18H18N2O. The molecule has 0 aliphatic carbocycles. The molecule has 3 heterocycles. The van der Waals surface area contributed by atoms with Crippen LogP contribution in [0.1, 0.15) is 5.56 Å². The number of rotatable bonds is 2. The molecule has 1 aliphatic rings. The number of hydrogen-bond acceptors (Lipinski definition) is 1. The van der Waals surface area contributed by atoms with Gasteiger partial charge < -0.3 is 13.9 Å². The fraction of sp³-hybridized carbons (Fsp3) is 0.222. The molecule has 0 unspecified atom stereocenters. The van der Waals surface area contributed by atoms with Crippen molar-refractivity contribution in [2.24, 2.45) is 0 Å². The number of methoxy groups -OCH3 is 1. The van der Waals surface area contributed by atoms with E-state index in [1.54, 1.807) is 7.11 Å². The average Bonchev–Trinajstić information content (AvgIpc) is 3.11. The summed E-state index contributed by atoms with van der Waals surface area (Å²) in [5.74, 6) is 0.897. The first-order valence-corrected chi connectivity index (χ1v) is 7.27. The third-order valence-electron chi connectivity index (χ3n) is 4.39. The molecule has 0 amide bonds. The Kier molecular flexibility index (Phi) is 2.67. The summed E-state index contributed by atoms with van der Waals surface area (Å²) in [7, 11) is 1.70. The van der Waals surface area contributed by atoms with E-state index >= 15 is 0 Å². The van der Waals surface area contributed by atoms with Gasteiger partial charge in [-0.25, -0.2) is 0 Å². The van der Waals surface area contributed by atoms with Crippen molar-refractivity contribution < 1.29 is 4.74 Å². The van der Waals surface area contributed by atoms with Crippen molar-refractivity contribution >= 4 is 0 Å². The van der Waals surface area contributed by atoms with Gasteiger partial charge in [0.15, 0.2) is 0 Å². The Bertz CT molecular complexity index is 793. The minimum atomic E-state index is 0.897. The van der Waals surface area contributed by atoms with Gasteiger partial charge in [0, 0.05) is 31.0 Å². The van der Waals surface area contributed by atoms with E-state index in [2.05, 4.69) is 52.7 Å². The molecule has 0 spiro atoms. The molecule has 0 saturated heterocycles. The number of aromatic nitrogens is 2. The number of hydrogen-bond donors (Lipinski definition) is 0. The fourth-order valence-electron chi connectivity index (χ4n) is 3.28. The molecule has 3 aromatic rings. The van der Waals surface area contributed by atoms with Gasteiger partial charge in [-0.2, -0.15) is 0 Å². The molecule has 0 bridgehead atoms. The van der Waals surface area contributed by atoms with Crippen LogP contribution in [0.4, 0.5) is 0 Å². The summed E-state index contributed by atoms with van der Waals surface area (Å²) in [5.41, 5.74) is 6.56. The van der Waals surface area contributed by atoms with Crippen molar-refractivity contribution in [2.45, 2.75) is 20.0 Å². The SMILES string of the molecule is COc1ccc(-c2cn3c(c2C)-c2cccn2CC3)cc1. The molecule has 0 fully saturated rings. The molecule has 0 saturated carbocycles. The van der Waals surface area contributed by atoms with Crippen LogP contribution in [0, 0.1) is 6.92 Å². The van der Waals surface area contributed by atoms with Crippen molar-refractivity contribution in [1.82, 2.24) is 9.13 Å². The van der Waals surface area contributed by atoms with Crippen molar-refractivity contribution in [1.29, 1.82) is 0 Å². The Labute approximate surface area is 124 Å². The second kappa shape index (κ2) is 4.55.